The van der Waals surface area contributed by atoms with Crippen molar-refractivity contribution in [3.8, 4) is 5.75 Å². The van der Waals surface area contributed by atoms with E-state index in [9.17, 15) is 0 Å². The molecule has 0 bridgehead atoms. The highest BCUT2D eigenvalue weighted by atomic mass is 35.5. The molecule has 2 aromatic rings. The number of nitrogens with one attached hydrogen (secondary N) is 2. The number of ether oxygens (including phenoxy) is 2. The molecule has 0 aliphatic carbocycles. The second-order valence-electron chi connectivity index (χ2n) is 7.12. The van der Waals surface area contributed by atoms with Crippen LogP contribution in [0.25, 0.3) is 0 Å². The Morgan fingerprint density at radius 1 is 1.08 bits per heavy atom. The third kappa shape index (κ3) is 2.82. The predicted octanol–water partition coefficient (Wildman–Crippen LogP) is 3.35. The maximum atomic E-state index is 6.54. The van der Waals surface area contributed by atoms with E-state index in [0.29, 0.717) is 29.2 Å². The lowest BCUT2D eigenvalue weighted by molar-refractivity contribution is 0.0840. The fourth-order valence-corrected chi connectivity index (χ4v) is 4.17. The summed E-state index contributed by atoms with van der Waals surface area (Å²) in [5, 5.41) is 7.40. The number of hydrogen-bond donors (Lipinski definition) is 2. The molecule has 0 radical (unpaired) electrons. The first-order valence-corrected chi connectivity index (χ1v) is 9.53. The first kappa shape index (κ1) is 16.3. The quantitative estimate of drug-likeness (QED) is 0.842. The molecule has 2 N–H and O–H groups in total. The van der Waals surface area contributed by atoms with Gasteiger partial charge in [0.25, 0.3) is 0 Å². The average molecular weight is 373 g/mol. The number of rotatable bonds is 2. The molecule has 0 amide bonds. The summed E-state index contributed by atoms with van der Waals surface area (Å²) in [6.07, 6.45) is 3.61. The SMILES string of the molecule is Clc1cc(C2CNC2)cc2c1OCc1c(ncnc1C1CCOCC1)N2. The lowest BCUT2D eigenvalue weighted by Gasteiger charge is -2.28. The van der Waals surface area contributed by atoms with Crippen LogP contribution in [-0.2, 0) is 11.3 Å². The van der Waals surface area contributed by atoms with Gasteiger partial charge in [-0.3, -0.25) is 0 Å². The summed E-state index contributed by atoms with van der Waals surface area (Å²) in [6.45, 7) is 3.96. The number of hydrogen-bond acceptors (Lipinski definition) is 6. The zero-order valence-corrected chi connectivity index (χ0v) is 15.2. The molecule has 5 rings (SSSR count). The van der Waals surface area contributed by atoms with Crippen molar-refractivity contribution in [3.05, 3.63) is 40.3 Å². The van der Waals surface area contributed by atoms with Crippen molar-refractivity contribution in [2.45, 2.75) is 31.3 Å². The molecule has 6 nitrogen and oxygen atoms in total. The minimum absolute atomic E-state index is 0.388. The zero-order valence-electron chi connectivity index (χ0n) is 14.4. The van der Waals surface area contributed by atoms with Crippen LogP contribution in [0.15, 0.2) is 18.5 Å². The first-order chi connectivity index (χ1) is 12.8. The molecule has 3 aliphatic rings. The van der Waals surface area contributed by atoms with Gasteiger partial charge >= 0.3 is 0 Å². The van der Waals surface area contributed by atoms with Crippen molar-refractivity contribution < 1.29 is 9.47 Å². The second kappa shape index (κ2) is 6.68. The molecule has 2 saturated heterocycles. The highest BCUT2D eigenvalue weighted by Crippen LogP contribution is 2.42. The minimum atomic E-state index is 0.388. The van der Waals surface area contributed by atoms with E-state index < -0.39 is 0 Å². The molecule has 0 spiro atoms. The topological polar surface area (TPSA) is 68.3 Å². The molecule has 3 aliphatic heterocycles. The monoisotopic (exact) mass is 372 g/mol. The molecule has 2 fully saturated rings. The zero-order chi connectivity index (χ0) is 17.5. The predicted molar refractivity (Wildman–Crippen MR) is 99.5 cm³/mol. The van der Waals surface area contributed by atoms with Crippen LogP contribution in [0.3, 0.4) is 0 Å². The van der Waals surface area contributed by atoms with Crippen LogP contribution in [-0.4, -0.2) is 36.3 Å². The highest BCUT2D eigenvalue weighted by molar-refractivity contribution is 6.32. The largest absolute Gasteiger partial charge is 0.485 e. The van der Waals surface area contributed by atoms with Crippen LogP contribution >= 0.6 is 11.6 Å². The number of benzene rings is 1. The fraction of sp³-hybridized carbons (Fsp3) is 0.474. The van der Waals surface area contributed by atoms with Crippen LogP contribution in [0.4, 0.5) is 11.5 Å². The average Bonchev–Trinajstić information content (AvgIpc) is 2.80. The highest BCUT2D eigenvalue weighted by Gasteiger charge is 2.27. The van der Waals surface area contributed by atoms with Crippen molar-refractivity contribution in [1.82, 2.24) is 15.3 Å². The van der Waals surface area contributed by atoms with Crippen LogP contribution in [0.1, 0.15) is 41.5 Å². The van der Waals surface area contributed by atoms with E-state index in [-0.39, 0.29) is 0 Å². The van der Waals surface area contributed by atoms with Gasteiger partial charge in [-0.25, -0.2) is 9.97 Å². The van der Waals surface area contributed by atoms with Crippen molar-refractivity contribution in [2.75, 3.05) is 31.6 Å². The van der Waals surface area contributed by atoms with Crippen molar-refractivity contribution in [1.29, 1.82) is 0 Å². The van der Waals surface area contributed by atoms with E-state index in [2.05, 4.69) is 26.7 Å². The number of fused-ring (bicyclic) bond motifs is 2. The Hall–Kier alpha value is -1.89. The number of nitrogens with zero attached hydrogens (tertiary/aromatic N) is 2. The van der Waals surface area contributed by atoms with Crippen LogP contribution in [0.5, 0.6) is 5.75 Å². The third-order valence-electron chi connectivity index (χ3n) is 5.52. The molecule has 0 atom stereocenters. The molecule has 136 valence electrons. The molecule has 0 unspecified atom stereocenters. The summed E-state index contributed by atoms with van der Waals surface area (Å²) in [5.41, 5.74) is 4.21. The summed E-state index contributed by atoms with van der Waals surface area (Å²) in [5.74, 6) is 2.41. The van der Waals surface area contributed by atoms with Gasteiger partial charge in [-0.15, -0.1) is 0 Å². The van der Waals surface area contributed by atoms with Crippen molar-refractivity contribution in [2.24, 2.45) is 0 Å². The number of anilines is 2. The normalized spacial score (nSPS) is 20.2. The number of aromatic nitrogens is 2. The van der Waals surface area contributed by atoms with Crippen LogP contribution in [0, 0.1) is 0 Å². The Balaban J connectivity index is 1.52. The summed E-state index contributed by atoms with van der Waals surface area (Å²) >= 11 is 6.54. The van der Waals surface area contributed by atoms with E-state index in [1.807, 2.05) is 6.07 Å². The molecule has 1 aromatic heterocycles. The Morgan fingerprint density at radius 3 is 2.69 bits per heavy atom. The minimum Gasteiger partial charge on any atom is -0.485 e. The van der Waals surface area contributed by atoms with Gasteiger partial charge in [0.05, 0.1) is 22.0 Å². The number of halogens is 1. The van der Waals surface area contributed by atoms with Gasteiger partial charge in [-0.2, -0.15) is 0 Å². The third-order valence-corrected chi connectivity index (χ3v) is 5.80. The van der Waals surface area contributed by atoms with Gasteiger partial charge in [-0.05, 0) is 30.5 Å². The van der Waals surface area contributed by atoms with Gasteiger partial charge in [0.15, 0.2) is 5.75 Å². The van der Waals surface area contributed by atoms with Gasteiger partial charge in [0, 0.05) is 38.1 Å². The second-order valence-corrected chi connectivity index (χ2v) is 7.53. The maximum Gasteiger partial charge on any atom is 0.161 e. The van der Waals surface area contributed by atoms with Crippen LogP contribution in [0.2, 0.25) is 5.02 Å². The first-order valence-electron chi connectivity index (χ1n) is 9.15. The van der Waals surface area contributed by atoms with Crippen LogP contribution < -0.4 is 15.4 Å². The standard InChI is InChI=1S/C19H21ClN4O2/c20-15-5-12(13-7-21-8-13)6-16-18(15)26-9-14-17(11-1-3-25-4-2-11)22-10-23-19(14)24-16/h5-6,10-11,13,21H,1-4,7-9H2,(H,22,23,24). The van der Waals surface area contributed by atoms with Gasteiger partial charge in [0.2, 0.25) is 0 Å². The Bertz CT molecular complexity index is 835. The molecular weight excluding hydrogens is 352 g/mol. The lowest BCUT2D eigenvalue weighted by atomic mass is 9.93. The van der Waals surface area contributed by atoms with Crippen molar-refractivity contribution in [3.63, 3.8) is 0 Å². The van der Waals surface area contributed by atoms with Gasteiger partial charge in [-0.1, -0.05) is 11.6 Å². The maximum absolute atomic E-state index is 6.54. The van der Waals surface area contributed by atoms with Gasteiger partial charge in [0.1, 0.15) is 18.8 Å². The summed E-state index contributed by atoms with van der Waals surface area (Å²) in [4.78, 5) is 9.07. The summed E-state index contributed by atoms with van der Waals surface area (Å²) in [6, 6.07) is 4.16. The van der Waals surface area contributed by atoms with E-state index in [1.165, 1.54) is 5.56 Å². The lowest BCUT2D eigenvalue weighted by Crippen LogP contribution is -2.39. The molecule has 7 heteroatoms. The van der Waals surface area contributed by atoms with E-state index in [4.69, 9.17) is 21.1 Å². The summed E-state index contributed by atoms with van der Waals surface area (Å²) in [7, 11) is 0. The Labute approximate surface area is 157 Å². The fourth-order valence-electron chi connectivity index (χ4n) is 3.88. The summed E-state index contributed by atoms with van der Waals surface area (Å²) < 4.78 is 11.6. The molecule has 0 saturated carbocycles. The van der Waals surface area contributed by atoms with E-state index >= 15 is 0 Å². The Morgan fingerprint density at radius 2 is 1.92 bits per heavy atom. The molecular formula is C19H21ClN4O2. The van der Waals surface area contributed by atoms with Gasteiger partial charge < -0.3 is 20.1 Å². The van der Waals surface area contributed by atoms with Crippen molar-refractivity contribution >= 4 is 23.1 Å². The smallest absolute Gasteiger partial charge is 0.161 e. The molecule has 4 heterocycles. The van der Waals surface area contributed by atoms with E-state index in [0.717, 1.165) is 61.9 Å². The molecule has 1 aromatic carbocycles. The van der Waals surface area contributed by atoms with E-state index in [1.54, 1.807) is 6.33 Å². The Kier molecular flexibility index (Phi) is 4.19. The molecule has 26 heavy (non-hydrogen) atoms.